The predicted molar refractivity (Wildman–Crippen MR) is 98.4 cm³/mol. The number of hydrogen-bond acceptors (Lipinski definition) is 3. The summed E-state index contributed by atoms with van der Waals surface area (Å²) in [5.74, 6) is -0.108. The van der Waals surface area contributed by atoms with Crippen molar-refractivity contribution in [3.8, 4) is 5.75 Å². The number of amides is 1. The number of anilines is 1. The van der Waals surface area contributed by atoms with Gasteiger partial charge in [-0.25, -0.2) is 0 Å². The van der Waals surface area contributed by atoms with Gasteiger partial charge in [-0.05, 0) is 31.5 Å². The van der Waals surface area contributed by atoms with Crippen LogP contribution >= 0.6 is 11.6 Å². The minimum absolute atomic E-state index is 0.0513. The smallest absolute Gasteiger partial charge is 0.229 e. The molecule has 2 rings (SSSR count). The van der Waals surface area contributed by atoms with Crippen LogP contribution in [-0.2, 0) is 4.79 Å². The first-order chi connectivity index (χ1) is 11.4. The summed E-state index contributed by atoms with van der Waals surface area (Å²) in [4.78, 5) is 12.6. The van der Waals surface area contributed by atoms with Crippen LogP contribution in [0.2, 0.25) is 5.02 Å². The second-order valence-electron chi connectivity index (χ2n) is 6.00. The van der Waals surface area contributed by atoms with E-state index in [1.165, 1.54) is 0 Å². The SMILES string of the molecule is CC(C)Oc1c(Cl)cccc1NC(=O)C(C)C(N)c1ccccc1. The van der Waals surface area contributed by atoms with Crippen molar-refractivity contribution in [2.45, 2.75) is 32.9 Å². The molecule has 0 saturated heterocycles. The summed E-state index contributed by atoms with van der Waals surface area (Å²) >= 11 is 6.19. The Hall–Kier alpha value is -2.04. The Morgan fingerprint density at radius 3 is 2.38 bits per heavy atom. The Labute approximate surface area is 148 Å². The van der Waals surface area contributed by atoms with Gasteiger partial charge in [0.05, 0.1) is 22.7 Å². The lowest BCUT2D eigenvalue weighted by Crippen LogP contribution is -2.30. The summed E-state index contributed by atoms with van der Waals surface area (Å²) in [5.41, 5.74) is 7.69. The van der Waals surface area contributed by atoms with Crippen LogP contribution in [-0.4, -0.2) is 12.0 Å². The molecule has 2 unspecified atom stereocenters. The van der Waals surface area contributed by atoms with E-state index in [-0.39, 0.29) is 18.1 Å². The van der Waals surface area contributed by atoms with Gasteiger partial charge in [-0.2, -0.15) is 0 Å². The summed E-state index contributed by atoms with van der Waals surface area (Å²) in [6.45, 7) is 5.62. The molecule has 0 aromatic heterocycles. The fourth-order valence-corrected chi connectivity index (χ4v) is 2.56. The number of halogens is 1. The molecular weight excluding hydrogens is 324 g/mol. The number of nitrogens with one attached hydrogen (secondary N) is 1. The lowest BCUT2D eigenvalue weighted by atomic mass is 9.94. The van der Waals surface area contributed by atoms with Crippen molar-refractivity contribution in [2.24, 2.45) is 11.7 Å². The van der Waals surface area contributed by atoms with Gasteiger partial charge in [0.1, 0.15) is 0 Å². The van der Waals surface area contributed by atoms with E-state index in [2.05, 4.69) is 5.32 Å². The molecule has 0 spiro atoms. The molecule has 0 fully saturated rings. The molecule has 0 saturated carbocycles. The van der Waals surface area contributed by atoms with Crippen molar-refractivity contribution in [2.75, 3.05) is 5.32 Å². The third-order valence-electron chi connectivity index (χ3n) is 3.72. The molecular formula is C19H23ClN2O2. The minimum atomic E-state index is -0.404. The second-order valence-corrected chi connectivity index (χ2v) is 6.40. The lowest BCUT2D eigenvalue weighted by molar-refractivity contribution is -0.120. The van der Waals surface area contributed by atoms with E-state index in [0.717, 1.165) is 5.56 Å². The highest BCUT2D eigenvalue weighted by atomic mass is 35.5. The highest BCUT2D eigenvalue weighted by Crippen LogP contribution is 2.34. The first-order valence-electron chi connectivity index (χ1n) is 7.96. The molecule has 2 aromatic carbocycles. The Kier molecular flexibility index (Phi) is 6.23. The Morgan fingerprint density at radius 2 is 1.75 bits per heavy atom. The fourth-order valence-electron chi connectivity index (χ4n) is 2.34. The zero-order chi connectivity index (χ0) is 17.7. The van der Waals surface area contributed by atoms with Crippen LogP contribution in [0.1, 0.15) is 32.4 Å². The van der Waals surface area contributed by atoms with Gasteiger partial charge < -0.3 is 15.8 Å². The van der Waals surface area contributed by atoms with Crippen LogP contribution in [0.3, 0.4) is 0 Å². The average molecular weight is 347 g/mol. The monoisotopic (exact) mass is 346 g/mol. The van der Waals surface area contributed by atoms with Crippen LogP contribution in [0.25, 0.3) is 0 Å². The third-order valence-corrected chi connectivity index (χ3v) is 4.01. The number of para-hydroxylation sites is 1. The maximum Gasteiger partial charge on any atom is 0.229 e. The zero-order valence-corrected chi connectivity index (χ0v) is 14.9. The maximum atomic E-state index is 12.6. The van der Waals surface area contributed by atoms with Gasteiger partial charge in [-0.15, -0.1) is 0 Å². The molecule has 0 heterocycles. The largest absolute Gasteiger partial charge is 0.487 e. The van der Waals surface area contributed by atoms with Crippen molar-refractivity contribution < 1.29 is 9.53 Å². The van der Waals surface area contributed by atoms with E-state index < -0.39 is 5.92 Å². The summed E-state index contributed by atoms with van der Waals surface area (Å²) in [5, 5.41) is 3.34. The van der Waals surface area contributed by atoms with Crippen molar-refractivity contribution in [1.29, 1.82) is 0 Å². The Morgan fingerprint density at radius 1 is 1.08 bits per heavy atom. The van der Waals surface area contributed by atoms with E-state index in [0.29, 0.717) is 16.5 Å². The highest BCUT2D eigenvalue weighted by Gasteiger charge is 2.23. The molecule has 5 heteroatoms. The van der Waals surface area contributed by atoms with E-state index in [9.17, 15) is 4.79 Å². The number of carbonyl (C=O) groups excluding carboxylic acids is 1. The molecule has 2 aromatic rings. The first kappa shape index (κ1) is 18.3. The van der Waals surface area contributed by atoms with Gasteiger partial charge in [-0.1, -0.05) is 54.9 Å². The van der Waals surface area contributed by atoms with Crippen LogP contribution < -0.4 is 15.8 Å². The molecule has 4 nitrogen and oxygen atoms in total. The van der Waals surface area contributed by atoms with Gasteiger partial charge in [0.2, 0.25) is 5.91 Å². The molecule has 24 heavy (non-hydrogen) atoms. The normalized spacial score (nSPS) is 13.4. The van der Waals surface area contributed by atoms with Gasteiger partial charge >= 0.3 is 0 Å². The fraction of sp³-hybridized carbons (Fsp3) is 0.316. The average Bonchev–Trinajstić information content (AvgIpc) is 2.57. The van der Waals surface area contributed by atoms with Crippen LogP contribution in [0.5, 0.6) is 5.75 Å². The molecule has 1 amide bonds. The number of hydrogen-bond donors (Lipinski definition) is 2. The summed E-state index contributed by atoms with van der Waals surface area (Å²) < 4.78 is 5.72. The standard InChI is InChI=1S/C19H23ClN2O2/c1-12(2)24-18-15(20)10-7-11-16(18)22-19(23)13(3)17(21)14-8-5-4-6-9-14/h4-13,17H,21H2,1-3H3,(H,22,23). The molecule has 0 aliphatic rings. The maximum absolute atomic E-state index is 12.6. The minimum Gasteiger partial charge on any atom is -0.487 e. The second kappa shape index (κ2) is 8.18. The number of benzene rings is 2. The molecule has 0 aliphatic carbocycles. The van der Waals surface area contributed by atoms with Gasteiger partial charge in [-0.3, -0.25) is 4.79 Å². The first-order valence-corrected chi connectivity index (χ1v) is 8.34. The molecule has 2 atom stereocenters. The number of carbonyl (C=O) groups is 1. The van der Waals surface area contributed by atoms with Crippen molar-refractivity contribution in [3.63, 3.8) is 0 Å². The van der Waals surface area contributed by atoms with Crippen LogP contribution in [0.15, 0.2) is 48.5 Å². The van der Waals surface area contributed by atoms with E-state index >= 15 is 0 Å². The number of rotatable bonds is 6. The number of ether oxygens (including phenoxy) is 1. The zero-order valence-electron chi connectivity index (χ0n) is 14.1. The Bertz CT molecular complexity index is 689. The lowest BCUT2D eigenvalue weighted by Gasteiger charge is -2.21. The molecule has 3 N–H and O–H groups in total. The topological polar surface area (TPSA) is 64.3 Å². The van der Waals surface area contributed by atoms with Crippen molar-refractivity contribution >= 4 is 23.2 Å². The Balaban J connectivity index is 2.16. The van der Waals surface area contributed by atoms with Crippen LogP contribution in [0.4, 0.5) is 5.69 Å². The number of nitrogens with two attached hydrogens (primary N) is 1. The molecule has 0 bridgehead atoms. The highest BCUT2D eigenvalue weighted by molar-refractivity contribution is 6.32. The predicted octanol–water partition coefficient (Wildman–Crippen LogP) is 4.40. The van der Waals surface area contributed by atoms with E-state index in [1.807, 2.05) is 44.2 Å². The van der Waals surface area contributed by atoms with Crippen molar-refractivity contribution in [3.05, 3.63) is 59.1 Å². The van der Waals surface area contributed by atoms with Gasteiger partial charge in [0.15, 0.2) is 5.75 Å². The van der Waals surface area contributed by atoms with Gasteiger partial charge in [0.25, 0.3) is 0 Å². The molecule has 128 valence electrons. The quantitative estimate of drug-likeness (QED) is 0.814. The summed E-state index contributed by atoms with van der Waals surface area (Å²) in [6.07, 6.45) is -0.0513. The van der Waals surface area contributed by atoms with E-state index in [4.69, 9.17) is 22.1 Å². The molecule has 0 radical (unpaired) electrons. The third kappa shape index (κ3) is 4.49. The van der Waals surface area contributed by atoms with E-state index in [1.54, 1.807) is 25.1 Å². The molecule has 0 aliphatic heterocycles. The van der Waals surface area contributed by atoms with Crippen LogP contribution in [0, 0.1) is 5.92 Å². The summed E-state index contributed by atoms with van der Waals surface area (Å²) in [6, 6.07) is 14.4. The summed E-state index contributed by atoms with van der Waals surface area (Å²) in [7, 11) is 0. The van der Waals surface area contributed by atoms with Crippen molar-refractivity contribution in [1.82, 2.24) is 0 Å². The van der Waals surface area contributed by atoms with Gasteiger partial charge in [0, 0.05) is 6.04 Å².